The second-order valence-corrected chi connectivity index (χ2v) is 4.50. The Hall–Kier alpha value is -2.62. The smallest absolute Gasteiger partial charge is 0.181 e. The van der Waals surface area contributed by atoms with Crippen LogP contribution in [0.4, 0.5) is 0 Å². The number of rotatable bonds is 4. The van der Waals surface area contributed by atoms with E-state index in [1.807, 2.05) is 54.6 Å². The lowest BCUT2D eigenvalue weighted by atomic mass is 10.1. The molecule has 1 aromatic heterocycles. The molecule has 0 atom stereocenters. The summed E-state index contributed by atoms with van der Waals surface area (Å²) in [5.41, 5.74) is 2.19. The van der Waals surface area contributed by atoms with Crippen LogP contribution in [0.5, 0.6) is 5.75 Å². The molecule has 0 saturated carbocycles. The Bertz CT molecular complexity index is 674. The molecule has 1 heterocycles. The summed E-state index contributed by atoms with van der Waals surface area (Å²) in [6.45, 7) is 0. The van der Waals surface area contributed by atoms with E-state index in [4.69, 9.17) is 4.74 Å². The van der Waals surface area contributed by atoms with E-state index in [9.17, 15) is 0 Å². The monoisotopic (exact) mass is 265 g/mol. The van der Waals surface area contributed by atoms with Gasteiger partial charge in [-0.3, -0.25) is 5.10 Å². The fraction of sp³-hybridized carbons (Fsp3) is 0.125. The van der Waals surface area contributed by atoms with Crippen LogP contribution in [-0.2, 0) is 6.42 Å². The molecule has 0 aliphatic heterocycles. The highest BCUT2D eigenvalue weighted by atomic mass is 16.5. The molecule has 3 rings (SSSR count). The predicted octanol–water partition coefficient (Wildman–Crippen LogP) is 3.07. The van der Waals surface area contributed by atoms with Crippen molar-refractivity contribution in [2.45, 2.75) is 6.42 Å². The van der Waals surface area contributed by atoms with E-state index in [1.165, 1.54) is 5.56 Å². The number of hydrogen-bond acceptors (Lipinski definition) is 3. The molecule has 1 N–H and O–H groups in total. The zero-order valence-corrected chi connectivity index (χ0v) is 11.2. The minimum absolute atomic E-state index is 0.726. The maximum atomic E-state index is 5.15. The second-order valence-electron chi connectivity index (χ2n) is 4.50. The first-order valence-electron chi connectivity index (χ1n) is 6.45. The van der Waals surface area contributed by atoms with Gasteiger partial charge in [-0.2, -0.15) is 5.10 Å². The molecule has 0 bridgehead atoms. The molecule has 0 unspecified atom stereocenters. The molecule has 2 aromatic carbocycles. The van der Waals surface area contributed by atoms with Crippen LogP contribution in [-0.4, -0.2) is 22.3 Å². The van der Waals surface area contributed by atoms with Crippen molar-refractivity contribution in [1.82, 2.24) is 15.2 Å². The van der Waals surface area contributed by atoms with Gasteiger partial charge in [0.05, 0.1) is 7.11 Å². The van der Waals surface area contributed by atoms with E-state index in [1.54, 1.807) is 7.11 Å². The van der Waals surface area contributed by atoms with Crippen LogP contribution in [0, 0.1) is 0 Å². The van der Waals surface area contributed by atoms with Crippen LogP contribution < -0.4 is 4.74 Å². The zero-order valence-electron chi connectivity index (χ0n) is 11.2. The standard InChI is InChI=1S/C16H15N3O/c1-20-14-9-7-12(8-10-14)11-15-17-16(19-18-15)13-5-3-2-4-6-13/h2-10H,11H2,1H3,(H,17,18,19). The van der Waals surface area contributed by atoms with Gasteiger partial charge in [0.2, 0.25) is 0 Å². The van der Waals surface area contributed by atoms with Crippen LogP contribution in [0.3, 0.4) is 0 Å². The Morgan fingerprint density at radius 2 is 1.75 bits per heavy atom. The average Bonchev–Trinajstić information content (AvgIpc) is 2.97. The predicted molar refractivity (Wildman–Crippen MR) is 77.6 cm³/mol. The number of methoxy groups -OCH3 is 1. The van der Waals surface area contributed by atoms with Crippen molar-refractivity contribution >= 4 is 0 Å². The normalized spacial score (nSPS) is 10.4. The third-order valence-corrected chi connectivity index (χ3v) is 3.09. The Morgan fingerprint density at radius 1 is 1.00 bits per heavy atom. The fourth-order valence-electron chi connectivity index (χ4n) is 2.03. The Labute approximate surface area is 117 Å². The number of H-pyrrole nitrogens is 1. The van der Waals surface area contributed by atoms with Gasteiger partial charge in [-0.05, 0) is 17.7 Å². The average molecular weight is 265 g/mol. The molecule has 0 aliphatic carbocycles. The van der Waals surface area contributed by atoms with Crippen molar-refractivity contribution in [3.8, 4) is 17.1 Å². The molecule has 0 spiro atoms. The summed E-state index contributed by atoms with van der Waals surface area (Å²) in [6, 6.07) is 17.9. The van der Waals surface area contributed by atoms with Gasteiger partial charge < -0.3 is 4.74 Å². The summed E-state index contributed by atoms with van der Waals surface area (Å²) in [5, 5.41) is 7.24. The summed E-state index contributed by atoms with van der Waals surface area (Å²) in [7, 11) is 1.66. The first-order valence-corrected chi connectivity index (χ1v) is 6.45. The number of hydrogen-bond donors (Lipinski definition) is 1. The Morgan fingerprint density at radius 3 is 2.45 bits per heavy atom. The van der Waals surface area contributed by atoms with E-state index in [2.05, 4.69) is 15.2 Å². The van der Waals surface area contributed by atoms with Crippen molar-refractivity contribution in [2.24, 2.45) is 0 Å². The van der Waals surface area contributed by atoms with Gasteiger partial charge in [0.1, 0.15) is 11.6 Å². The van der Waals surface area contributed by atoms with Crippen molar-refractivity contribution < 1.29 is 4.74 Å². The van der Waals surface area contributed by atoms with Crippen LogP contribution >= 0.6 is 0 Å². The van der Waals surface area contributed by atoms with Crippen molar-refractivity contribution in [3.63, 3.8) is 0 Å². The zero-order chi connectivity index (χ0) is 13.8. The molecule has 0 fully saturated rings. The van der Waals surface area contributed by atoms with Crippen LogP contribution in [0.15, 0.2) is 54.6 Å². The summed E-state index contributed by atoms with van der Waals surface area (Å²) < 4.78 is 5.15. The minimum atomic E-state index is 0.726. The summed E-state index contributed by atoms with van der Waals surface area (Å²) in [6.07, 6.45) is 0.726. The van der Waals surface area contributed by atoms with Crippen LogP contribution in [0.2, 0.25) is 0 Å². The molecular formula is C16H15N3O. The Kier molecular flexibility index (Phi) is 3.46. The molecule has 20 heavy (non-hydrogen) atoms. The van der Waals surface area contributed by atoms with E-state index in [0.717, 1.165) is 29.4 Å². The van der Waals surface area contributed by atoms with E-state index in [0.29, 0.717) is 0 Å². The lowest BCUT2D eigenvalue weighted by Crippen LogP contribution is -1.91. The maximum absolute atomic E-state index is 5.15. The van der Waals surface area contributed by atoms with Crippen molar-refractivity contribution in [1.29, 1.82) is 0 Å². The molecule has 4 heteroatoms. The molecule has 0 amide bonds. The molecule has 100 valence electrons. The highest BCUT2D eigenvalue weighted by Gasteiger charge is 2.06. The number of nitrogens with one attached hydrogen (secondary N) is 1. The lowest BCUT2D eigenvalue weighted by molar-refractivity contribution is 0.414. The number of nitrogens with zero attached hydrogens (tertiary/aromatic N) is 2. The number of ether oxygens (including phenoxy) is 1. The SMILES string of the molecule is COc1ccc(Cc2nc(-c3ccccc3)n[nH]2)cc1. The largest absolute Gasteiger partial charge is 0.497 e. The number of aromatic nitrogens is 3. The maximum Gasteiger partial charge on any atom is 0.181 e. The molecule has 0 saturated heterocycles. The van der Waals surface area contributed by atoms with E-state index in [-0.39, 0.29) is 0 Å². The van der Waals surface area contributed by atoms with Gasteiger partial charge in [-0.1, -0.05) is 42.5 Å². The summed E-state index contributed by atoms with van der Waals surface area (Å²) >= 11 is 0. The van der Waals surface area contributed by atoms with Gasteiger partial charge >= 0.3 is 0 Å². The van der Waals surface area contributed by atoms with Gasteiger partial charge in [-0.15, -0.1) is 0 Å². The number of aromatic amines is 1. The molecule has 4 nitrogen and oxygen atoms in total. The molecule has 0 aliphatic rings. The third kappa shape index (κ3) is 2.69. The lowest BCUT2D eigenvalue weighted by Gasteiger charge is -2.01. The van der Waals surface area contributed by atoms with Gasteiger partial charge in [-0.25, -0.2) is 4.98 Å². The molecular weight excluding hydrogens is 250 g/mol. The van der Waals surface area contributed by atoms with E-state index >= 15 is 0 Å². The second kappa shape index (κ2) is 5.57. The molecule has 3 aromatic rings. The summed E-state index contributed by atoms with van der Waals surface area (Å²) in [4.78, 5) is 4.52. The Balaban J connectivity index is 1.77. The van der Waals surface area contributed by atoms with Crippen molar-refractivity contribution in [3.05, 3.63) is 66.0 Å². The van der Waals surface area contributed by atoms with E-state index < -0.39 is 0 Å². The first kappa shape index (κ1) is 12.4. The molecule has 0 radical (unpaired) electrons. The quantitative estimate of drug-likeness (QED) is 0.788. The van der Waals surface area contributed by atoms with Crippen molar-refractivity contribution in [2.75, 3.05) is 7.11 Å². The first-order chi connectivity index (χ1) is 9.85. The van der Waals surface area contributed by atoms with Gasteiger partial charge in [0.15, 0.2) is 5.82 Å². The minimum Gasteiger partial charge on any atom is -0.497 e. The highest BCUT2D eigenvalue weighted by molar-refractivity contribution is 5.53. The number of benzene rings is 2. The highest BCUT2D eigenvalue weighted by Crippen LogP contribution is 2.16. The van der Waals surface area contributed by atoms with Gasteiger partial charge in [0.25, 0.3) is 0 Å². The third-order valence-electron chi connectivity index (χ3n) is 3.09. The fourth-order valence-corrected chi connectivity index (χ4v) is 2.03. The summed E-state index contributed by atoms with van der Waals surface area (Å²) in [5.74, 6) is 2.44. The topological polar surface area (TPSA) is 50.8 Å². The van der Waals surface area contributed by atoms with Crippen LogP contribution in [0.25, 0.3) is 11.4 Å². The van der Waals surface area contributed by atoms with Crippen LogP contribution in [0.1, 0.15) is 11.4 Å². The van der Waals surface area contributed by atoms with Gasteiger partial charge in [0, 0.05) is 12.0 Å².